The fourth-order valence-electron chi connectivity index (χ4n) is 6.80. The van der Waals surface area contributed by atoms with Crippen LogP contribution >= 0.6 is 0 Å². The van der Waals surface area contributed by atoms with Crippen molar-refractivity contribution in [2.45, 2.75) is 210 Å². The lowest BCUT2D eigenvalue weighted by molar-refractivity contribution is -0.176. The number of rotatable bonds is 23. The highest BCUT2D eigenvalue weighted by Gasteiger charge is 2.52. The normalized spacial score (nSPS) is 18.6. The molecule has 0 radical (unpaired) electrons. The van der Waals surface area contributed by atoms with Gasteiger partial charge in [0.05, 0.1) is 60.0 Å². The Morgan fingerprint density at radius 3 is 1.21 bits per heavy atom. The molecule has 5 atom stereocenters. The number of aliphatic hydroxyl groups is 3. The molecule has 2 aromatic carbocycles. The average Bonchev–Trinajstić information content (AvgIpc) is 4.02. The van der Waals surface area contributed by atoms with Gasteiger partial charge in [0.15, 0.2) is 0 Å². The van der Waals surface area contributed by atoms with Gasteiger partial charge in [-0.05, 0) is 159 Å². The molecule has 5 rings (SSSR count). The van der Waals surface area contributed by atoms with E-state index in [-0.39, 0.29) is 81.5 Å². The van der Waals surface area contributed by atoms with Crippen molar-refractivity contribution in [3.63, 3.8) is 0 Å². The Bertz CT molecular complexity index is 2360. The Hall–Kier alpha value is -5.76. The highest BCUT2D eigenvalue weighted by Crippen LogP contribution is 2.37. The number of aliphatic hydroxyl groups excluding tert-OH is 3. The molecule has 0 spiro atoms. The zero-order valence-corrected chi connectivity index (χ0v) is 52.0. The van der Waals surface area contributed by atoms with Crippen LogP contribution in [0.1, 0.15) is 161 Å². The number of esters is 3. The van der Waals surface area contributed by atoms with E-state index in [2.05, 4.69) is 0 Å². The molecule has 3 aliphatic heterocycles. The summed E-state index contributed by atoms with van der Waals surface area (Å²) >= 11 is 0. The molecule has 2 aromatic rings. The molecule has 0 aliphatic carbocycles. The van der Waals surface area contributed by atoms with Crippen molar-refractivity contribution in [2.24, 2.45) is 17.8 Å². The molecule has 0 saturated carbocycles. The van der Waals surface area contributed by atoms with Gasteiger partial charge in [0, 0.05) is 25.9 Å². The summed E-state index contributed by atoms with van der Waals surface area (Å²) in [7, 11) is -0.876. The molecule has 0 bridgehead atoms. The van der Waals surface area contributed by atoms with E-state index in [1.165, 1.54) is 13.8 Å². The number of carbonyl (C=O) groups is 7. The first-order chi connectivity index (χ1) is 39.0. The summed E-state index contributed by atoms with van der Waals surface area (Å²) in [6.07, 6.45) is 0.0396. The average molecular weight is 1190 g/mol. The molecule has 3 heterocycles. The van der Waals surface area contributed by atoms with Crippen LogP contribution in [0.15, 0.2) is 60.4 Å². The van der Waals surface area contributed by atoms with E-state index in [1.807, 2.05) is 104 Å². The van der Waals surface area contributed by atoms with Crippen molar-refractivity contribution in [1.82, 2.24) is 0 Å². The summed E-state index contributed by atoms with van der Waals surface area (Å²) in [4.78, 5) is 80.8. The number of ketones is 2. The minimum absolute atomic E-state index is 0.0252. The van der Waals surface area contributed by atoms with Gasteiger partial charge in [-0.15, -0.1) is 0 Å². The third kappa shape index (κ3) is 26.2. The Kier molecular flexibility index (Phi) is 32.9. The van der Waals surface area contributed by atoms with E-state index in [4.69, 9.17) is 77.6 Å². The maximum atomic E-state index is 12.0. The number of hydrogen-bond acceptors (Lipinski definition) is 23. The van der Waals surface area contributed by atoms with E-state index in [1.54, 1.807) is 54.5 Å². The molecule has 0 aromatic heterocycles. The number of hydrogen-bond donors (Lipinski definition) is 5. The van der Waals surface area contributed by atoms with Crippen LogP contribution < -0.4 is 10.9 Å². The number of Topliss-reactive ketones (excluding diaryl/α,β-unsaturated/α-hetero) is 2. The van der Waals surface area contributed by atoms with Gasteiger partial charge in [0.25, 0.3) is 0 Å². The predicted octanol–water partition coefficient (Wildman–Crippen LogP) is 7.36. The first-order valence-corrected chi connectivity index (χ1v) is 28.1. The zero-order chi connectivity index (χ0) is 64.3. The molecule has 5 unspecified atom stereocenters. The third-order valence-electron chi connectivity index (χ3n) is 13.8. The molecule has 23 nitrogen and oxygen atoms in total. The van der Waals surface area contributed by atoms with Crippen LogP contribution in [0.2, 0.25) is 0 Å². The maximum absolute atomic E-state index is 12.0. The van der Waals surface area contributed by atoms with E-state index in [0.29, 0.717) is 25.0 Å². The first kappa shape index (κ1) is 76.3. The molecule has 472 valence electrons. The van der Waals surface area contributed by atoms with Crippen LogP contribution in [0.25, 0.3) is 0 Å². The highest BCUT2D eigenvalue weighted by atomic mass is 17.0. The minimum Gasteiger partial charge on any atom is -0.462 e. The molecule has 3 saturated heterocycles. The van der Waals surface area contributed by atoms with E-state index < -0.39 is 84.9 Å². The standard InChI is InChI=1S/C24H35BO8.C21H27BO7.C10H18O4.C4H10O2.H2O2/c1-16(2)31-21(27)17(3)20(26)9-8-14-29-22(28)30-15-18-10-12-19(13-11-18)25-32-23(4,5)24(6,7)33-25;1-14-17(27-18(14)23)7-6-12-25-19(24)26-13-15-8-10-16(11-9-15)22-28-20(2,3)21(4,5)29-22;1-7(2)14-10(13)8(3)9(12)5-4-6-11;1-3(5)4(2)6;1-2/h10-13,16-17H,8-9,14-15H2,1-7H3;7-11,14H,6,12-13H2,1-5H3;7-8,11H,4-6H2,1-3H3;3-6H,1-2H3;1-2H/b;17-7-;;;. The van der Waals surface area contributed by atoms with Crippen molar-refractivity contribution in [2.75, 3.05) is 19.8 Å². The smallest absolute Gasteiger partial charge is 0.462 e. The van der Waals surface area contributed by atoms with Crippen LogP contribution in [-0.4, -0.2) is 148 Å². The van der Waals surface area contributed by atoms with E-state index in [0.717, 1.165) is 22.1 Å². The minimum atomic E-state index is -0.834. The summed E-state index contributed by atoms with van der Waals surface area (Å²) in [6, 6.07) is 15.0. The van der Waals surface area contributed by atoms with Gasteiger partial charge in [-0.3, -0.25) is 34.5 Å². The van der Waals surface area contributed by atoms with E-state index >= 15 is 0 Å². The van der Waals surface area contributed by atoms with Crippen molar-refractivity contribution in [1.29, 1.82) is 0 Å². The summed E-state index contributed by atoms with van der Waals surface area (Å²) in [6.45, 7) is 31.2. The zero-order valence-electron chi connectivity index (χ0n) is 52.0. The van der Waals surface area contributed by atoms with Gasteiger partial charge in [-0.1, -0.05) is 48.5 Å². The fourth-order valence-corrected chi connectivity index (χ4v) is 6.80. The summed E-state index contributed by atoms with van der Waals surface area (Å²) in [5.74, 6) is -2.83. The molecular weight excluding hydrogens is 1100 g/mol. The molecule has 25 heteroatoms. The molecular formula is C59H92B2O23. The number of ether oxygens (including phenoxy) is 7. The van der Waals surface area contributed by atoms with Gasteiger partial charge < -0.3 is 67.1 Å². The Balaban J connectivity index is 0.000000627. The topological polar surface area (TPSA) is 322 Å². The third-order valence-corrected chi connectivity index (χ3v) is 13.8. The van der Waals surface area contributed by atoms with Crippen molar-refractivity contribution in [3.8, 4) is 0 Å². The van der Waals surface area contributed by atoms with Crippen LogP contribution in [0.5, 0.6) is 0 Å². The lowest BCUT2D eigenvalue weighted by Crippen LogP contribution is -2.41. The highest BCUT2D eigenvalue weighted by molar-refractivity contribution is 6.62. The quantitative estimate of drug-likeness (QED) is 0.0138. The lowest BCUT2D eigenvalue weighted by atomic mass is 9.79. The largest absolute Gasteiger partial charge is 0.508 e. The molecule has 3 fully saturated rings. The Labute approximate surface area is 495 Å². The summed E-state index contributed by atoms with van der Waals surface area (Å²) in [5, 5.41) is 37.3. The second-order valence-electron chi connectivity index (χ2n) is 22.7. The van der Waals surface area contributed by atoms with Crippen LogP contribution in [0.4, 0.5) is 9.59 Å². The first-order valence-electron chi connectivity index (χ1n) is 28.1. The van der Waals surface area contributed by atoms with Crippen molar-refractivity contribution >= 4 is 66.9 Å². The summed E-state index contributed by atoms with van der Waals surface area (Å²) in [5.41, 5.74) is 1.81. The van der Waals surface area contributed by atoms with Gasteiger partial charge in [0.2, 0.25) is 0 Å². The predicted molar refractivity (Wildman–Crippen MR) is 310 cm³/mol. The van der Waals surface area contributed by atoms with Gasteiger partial charge >= 0.3 is 44.5 Å². The SMILES string of the molecule is CC(C)OC(=O)C(C)C(=O)CCCO.CC(C)OC(=O)C(C)C(=O)CCCOC(=O)OCc1ccc(B2OC(C)(C)C(C)(C)O2)cc1.CC(O)C(C)O.CC1C(=O)O/C1=C\CCOC(=O)OCc1ccc(B2OC(C)(C)C(C)(C)O2)cc1.OO. The lowest BCUT2D eigenvalue weighted by Gasteiger charge is -2.32. The van der Waals surface area contributed by atoms with E-state index in [9.17, 15) is 33.6 Å². The number of carbonyl (C=O) groups excluding carboxylic acids is 7. The molecule has 3 aliphatic rings. The van der Waals surface area contributed by atoms with Gasteiger partial charge in [-0.25, -0.2) is 9.59 Å². The Morgan fingerprint density at radius 1 is 0.560 bits per heavy atom. The molecule has 84 heavy (non-hydrogen) atoms. The number of benzene rings is 2. The Morgan fingerprint density at radius 2 is 0.905 bits per heavy atom. The van der Waals surface area contributed by atoms with Crippen LogP contribution in [-0.2, 0) is 89.0 Å². The maximum Gasteiger partial charge on any atom is 0.508 e. The second-order valence-corrected chi connectivity index (χ2v) is 22.7. The van der Waals surface area contributed by atoms with Crippen molar-refractivity contribution in [3.05, 3.63) is 71.5 Å². The second kappa shape index (κ2) is 36.3. The molecule has 0 amide bonds. The number of cyclic esters (lactones) is 1. The van der Waals surface area contributed by atoms with Gasteiger partial charge in [-0.2, -0.15) is 0 Å². The summed E-state index contributed by atoms with van der Waals surface area (Å²) < 4.78 is 59.1. The van der Waals surface area contributed by atoms with Crippen LogP contribution in [0, 0.1) is 17.8 Å². The monoisotopic (exact) mass is 1190 g/mol. The van der Waals surface area contributed by atoms with Gasteiger partial charge in [0.1, 0.15) is 48.3 Å². The fraction of sp³-hybridized carbons (Fsp3) is 0.644. The molecule has 5 N–H and O–H groups in total. The van der Waals surface area contributed by atoms with Crippen molar-refractivity contribution < 1.29 is 111 Å². The van der Waals surface area contributed by atoms with Crippen LogP contribution in [0.3, 0.4) is 0 Å².